The minimum Gasteiger partial charge on any atom is -0.368 e. The Morgan fingerprint density at radius 2 is 1.72 bits per heavy atom. The normalized spacial score (nSPS) is 17.1. The molecule has 0 amide bonds. The quantitative estimate of drug-likeness (QED) is 0.665. The van der Waals surface area contributed by atoms with Crippen LogP contribution in [0.3, 0.4) is 0 Å². The van der Waals surface area contributed by atoms with E-state index in [1.165, 1.54) is 17.4 Å². The molecule has 2 fully saturated rings. The van der Waals surface area contributed by atoms with Gasteiger partial charge in [0, 0.05) is 51.5 Å². The molecular formula is C21H24N6O2. The first-order valence-corrected chi connectivity index (χ1v) is 10.1. The van der Waals surface area contributed by atoms with Crippen molar-refractivity contribution in [1.29, 1.82) is 0 Å². The Balaban J connectivity index is 1.33. The molecule has 29 heavy (non-hydrogen) atoms. The van der Waals surface area contributed by atoms with Crippen LogP contribution in [0.5, 0.6) is 0 Å². The average Bonchev–Trinajstić information content (AvgIpc) is 3.56. The van der Waals surface area contributed by atoms with Gasteiger partial charge in [-0.2, -0.15) is 0 Å². The van der Waals surface area contributed by atoms with Gasteiger partial charge < -0.3 is 14.4 Å². The maximum absolute atomic E-state index is 12.7. The largest absolute Gasteiger partial charge is 0.368 e. The van der Waals surface area contributed by atoms with Crippen molar-refractivity contribution in [2.75, 3.05) is 36.0 Å². The van der Waals surface area contributed by atoms with Gasteiger partial charge in [-0.3, -0.25) is 14.2 Å². The van der Waals surface area contributed by atoms with E-state index in [-0.39, 0.29) is 11.1 Å². The van der Waals surface area contributed by atoms with Gasteiger partial charge in [0.25, 0.3) is 11.1 Å². The molecule has 0 radical (unpaired) electrons. The molecule has 150 valence electrons. The molecular weight excluding hydrogens is 368 g/mol. The van der Waals surface area contributed by atoms with Crippen LogP contribution in [0.25, 0.3) is 10.9 Å². The van der Waals surface area contributed by atoms with Crippen LogP contribution in [0.2, 0.25) is 0 Å². The van der Waals surface area contributed by atoms with Gasteiger partial charge in [-0.05, 0) is 37.0 Å². The number of anilines is 2. The predicted molar refractivity (Wildman–Crippen MR) is 113 cm³/mol. The van der Waals surface area contributed by atoms with Gasteiger partial charge in [0.2, 0.25) is 0 Å². The Kier molecular flexibility index (Phi) is 4.34. The first kappa shape index (κ1) is 17.9. The average molecular weight is 392 g/mol. The lowest BCUT2D eigenvalue weighted by molar-refractivity contribution is 0.602. The Labute approximate surface area is 168 Å². The molecule has 1 aliphatic heterocycles. The maximum Gasteiger partial charge on any atom is 0.261 e. The highest BCUT2D eigenvalue weighted by molar-refractivity contribution is 5.81. The molecule has 1 saturated carbocycles. The fourth-order valence-electron chi connectivity index (χ4n) is 3.87. The topological polar surface area (TPSA) is 76.3 Å². The number of benzene rings is 1. The van der Waals surface area contributed by atoms with Crippen molar-refractivity contribution in [2.24, 2.45) is 13.0 Å². The molecule has 3 aromatic rings. The second-order valence-corrected chi connectivity index (χ2v) is 8.02. The van der Waals surface area contributed by atoms with E-state index < -0.39 is 0 Å². The summed E-state index contributed by atoms with van der Waals surface area (Å²) >= 11 is 0. The Morgan fingerprint density at radius 3 is 2.45 bits per heavy atom. The van der Waals surface area contributed by atoms with Crippen LogP contribution in [0.15, 0.2) is 46.5 Å². The zero-order valence-electron chi connectivity index (χ0n) is 16.5. The van der Waals surface area contributed by atoms with E-state index >= 15 is 0 Å². The van der Waals surface area contributed by atoms with E-state index in [4.69, 9.17) is 0 Å². The van der Waals surface area contributed by atoms with Crippen LogP contribution in [-0.2, 0) is 13.6 Å². The van der Waals surface area contributed by atoms with E-state index in [2.05, 4.69) is 19.8 Å². The molecule has 0 unspecified atom stereocenters. The number of hydrogen-bond acceptors (Lipinski definition) is 6. The van der Waals surface area contributed by atoms with Gasteiger partial charge in [-0.1, -0.05) is 0 Å². The summed E-state index contributed by atoms with van der Waals surface area (Å²) in [6, 6.07) is 7.50. The van der Waals surface area contributed by atoms with Crippen LogP contribution in [-0.4, -0.2) is 45.3 Å². The molecule has 2 aliphatic rings. The fraction of sp³-hybridized carbons (Fsp3) is 0.429. The van der Waals surface area contributed by atoms with Crippen molar-refractivity contribution in [3.8, 4) is 0 Å². The van der Waals surface area contributed by atoms with Gasteiger partial charge in [0.15, 0.2) is 0 Å². The van der Waals surface area contributed by atoms with Crippen molar-refractivity contribution in [1.82, 2.24) is 19.1 Å². The summed E-state index contributed by atoms with van der Waals surface area (Å²) in [5.41, 5.74) is 1.82. The fourth-order valence-corrected chi connectivity index (χ4v) is 3.87. The molecule has 0 N–H and O–H groups in total. The summed E-state index contributed by atoms with van der Waals surface area (Å²) in [7, 11) is 1.70. The first-order valence-electron chi connectivity index (χ1n) is 10.1. The maximum atomic E-state index is 12.7. The van der Waals surface area contributed by atoms with E-state index in [9.17, 15) is 9.59 Å². The highest BCUT2D eigenvalue weighted by Crippen LogP contribution is 2.30. The molecule has 8 nitrogen and oxygen atoms in total. The van der Waals surface area contributed by atoms with Gasteiger partial charge in [-0.25, -0.2) is 9.97 Å². The van der Waals surface area contributed by atoms with E-state index in [0.717, 1.165) is 49.7 Å². The lowest BCUT2D eigenvalue weighted by atomic mass is 10.2. The number of fused-ring (bicyclic) bond motifs is 1. The second kappa shape index (κ2) is 7.02. The number of piperazine rings is 1. The van der Waals surface area contributed by atoms with Crippen LogP contribution in [0.1, 0.15) is 12.8 Å². The summed E-state index contributed by atoms with van der Waals surface area (Å²) in [5.74, 6) is 1.37. The van der Waals surface area contributed by atoms with Gasteiger partial charge in [0.1, 0.15) is 5.82 Å². The Bertz CT molecular complexity index is 1170. The molecule has 8 heteroatoms. The zero-order valence-corrected chi connectivity index (χ0v) is 16.5. The molecule has 1 aromatic carbocycles. The molecule has 2 aromatic heterocycles. The van der Waals surface area contributed by atoms with Crippen LogP contribution in [0.4, 0.5) is 11.5 Å². The number of nitrogens with zero attached hydrogens (tertiary/aromatic N) is 6. The lowest BCUT2D eigenvalue weighted by Crippen LogP contribution is -2.47. The van der Waals surface area contributed by atoms with E-state index in [1.807, 2.05) is 18.2 Å². The number of aromatic nitrogens is 4. The third kappa shape index (κ3) is 3.50. The third-order valence-electron chi connectivity index (χ3n) is 5.89. The molecule has 3 heterocycles. The molecule has 0 spiro atoms. The highest BCUT2D eigenvalue weighted by Gasteiger charge is 2.23. The minimum atomic E-state index is -0.0506. The third-order valence-corrected chi connectivity index (χ3v) is 5.89. The van der Waals surface area contributed by atoms with E-state index in [1.54, 1.807) is 30.3 Å². The van der Waals surface area contributed by atoms with Crippen molar-refractivity contribution < 1.29 is 0 Å². The molecule has 0 bridgehead atoms. The summed E-state index contributed by atoms with van der Waals surface area (Å²) < 4.78 is 3.22. The van der Waals surface area contributed by atoms with Crippen molar-refractivity contribution in [3.63, 3.8) is 0 Å². The SMILES string of the molecule is Cn1cnc(N2CCN(c3ccc4c(=O)n(CC5CC5)cnc4c3)CC2)cc1=O. The smallest absolute Gasteiger partial charge is 0.261 e. The van der Waals surface area contributed by atoms with Gasteiger partial charge in [-0.15, -0.1) is 0 Å². The molecule has 0 atom stereocenters. The van der Waals surface area contributed by atoms with Crippen LogP contribution < -0.4 is 20.9 Å². The molecule has 1 aliphatic carbocycles. The Morgan fingerprint density at radius 1 is 0.966 bits per heavy atom. The van der Waals surface area contributed by atoms with Gasteiger partial charge >= 0.3 is 0 Å². The minimum absolute atomic E-state index is 0.0506. The monoisotopic (exact) mass is 392 g/mol. The zero-order chi connectivity index (χ0) is 20.0. The predicted octanol–water partition coefficient (Wildman–Crippen LogP) is 1.23. The summed E-state index contributed by atoms with van der Waals surface area (Å²) in [6.07, 6.45) is 5.67. The first-order chi connectivity index (χ1) is 14.1. The molecule has 1 saturated heterocycles. The Hall–Kier alpha value is -3.16. The standard InChI is InChI=1S/C21H24N6O2/c1-24-13-23-19(11-20(24)28)26-8-6-25(7-9-26)16-4-5-17-18(10-16)22-14-27(21(17)29)12-15-2-3-15/h4-5,10-11,13-15H,2-3,6-9,12H2,1H3. The summed E-state index contributed by atoms with van der Waals surface area (Å²) in [6.45, 7) is 3.99. The van der Waals surface area contributed by atoms with Crippen molar-refractivity contribution >= 4 is 22.4 Å². The van der Waals surface area contributed by atoms with Crippen molar-refractivity contribution in [3.05, 3.63) is 57.6 Å². The highest BCUT2D eigenvalue weighted by atomic mass is 16.1. The number of hydrogen-bond donors (Lipinski definition) is 0. The van der Waals surface area contributed by atoms with Crippen molar-refractivity contribution in [2.45, 2.75) is 19.4 Å². The number of rotatable bonds is 4. The van der Waals surface area contributed by atoms with Gasteiger partial charge in [0.05, 0.1) is 23.6 Å². The van der Waals surface area contributed by atoms with Crippen LogP contribution in [0, 0.1) is 5.92 Å². The van der Waals surface area contributed by atoms with Crippen LogP contribution >= 0.6 is 0 Å². The molecule has 5 rings (SSSR count). The van der Waals surface area contributed by atoms with E-state index in [0.29, 0.717) is 11.3 Å². The summed E-state index contributed by atoms with van der Waals surface area (Å²) in [5, 5.41) is 0.680. The second-order valence-electron chi connectivity index (χ2n) is 8.02. The summed E-state index contributed by atoms with van der Waals surface area (Å²) in [4.78, 5) is 37.9. The lowest BCUT2D eigenvalue weighted by Gasteiger charge is -2.36. The number of aryl methyl sites for hydroxylation is 1.